The SMILES string of the molecule is CC(N)(Cc1cccc(F)c1Br)c1cccc(Cl)c1. The zero-order valence-electron chi connectivity index (χ0n) is 10.5. The van der Waals surface area contributed by atoms with Crippen LogP contribution in [0.25, 0.3) is 0 Å². The summed E-state index contributed by atoms with van der Waals surface area (Å²) in [6.07, 6.45) is 0.520. The summed E-state index contributed by atoms with van der Waals surface area (Å²) in [4.78, 5) is 0. The van der Waals surface area contributed by atoms with Crippen molar-refractivity contribution in [3.05, 3.63) is 68.9 Å². The van der Waals surface area contributed by atoms with E-state index in [1.807, 2.05) is 31.2 Å². The van der Waals surface area contributed by atoms with E-state index >= 15 is 0 Å². The van der Waals surface area contributed by atoms with Gasteiger partial charge in [-0.05, 0) is 58.6 Å². The Bertz CT molecular complexity index is 598. The highest BCUT2D eigenvalue weighted by molar-refractivity contribution is 9.10. The van der Waals surface area contributed by atoms with Crippen LogP contribution in [-0.4, -0.2) is 0 Å². The van der Waals surface area contributed by atoms with Crippen LogP contribution in [0.15, 0.2) is 46.9 Å². The fourth-order valence-electron chi connectivity index (χ4n) is 2.03. The van der Waals surface area contributed by atoms with Crippen LogP contribution in [0.5, 0.6) is 0 Å². The third-order valence-electron chi connectivity index (χ3n) is 3.07. The van der Waals surface area contributed by atoms with Crippen molar-refractivity contribution < 1.29 is 4.39 Å². The lowest BCUT2D eigenvalue weighted by Crippen LogP contribution is -2.35. The number of benzene rings is 2. The number of hydrogen-bond acceptors (Lipinski definition) is 1. The molecule has 0 bridgehead atoms. The normalized spacial score (nSPS) is 14.2. The van der Waals surface area contributed by atoms with Gasteiger partial charge in [0.15, 0.2) is 0 Å². The molecular formula is C15H14BrClFN. The first-order valence-electron chi connectivity index (χ1n) is 5.88. The first-order chi connectivity index (χ1) is 8.90. The van der Waals surface area contributed by atoms with Crippen molar-refractivity contribution in [3.63, 3.8) is 0 Å². The fraction of sp³-hybridized carbons (Fsp3) is 0.200. The smallest absolute Gasteiger partial charge is 0.137 e. The van der Waals surface area contributed by atoms with Gasteiger partial charge in [0, 0.05) is 10.6 Å². The van der Waals surface area contributed by atoms with Gasteiger partial charge in [-0.15, -0.1) is 0 Å². The van der Waals surface area contributed by atoms with Crippen LogP contribution in [0.1, 0.15) is 18.1 Å². The second kappa shape index (κ2) is 5.61. The molecule has 0 heterocycles. The van der Waals surface area contributed by atoms with Crippen molar-refractivity contribution in [1.82, 2.24) is 0 Å². The van der Waals surface area contributed by atoms with Gasteiger partial charge in [-0.25, -0.2) is 4.39 Å². The third-order valence-corrected chi connectivity index (χ3v) is 4.20. The molecule has 0 amide bonds. The van der Waals surface area contributed by atoms with Crippen LogP contribution in [0.3, 0.4) is 0 Å². The highest BCUT2D eigenvalue weighted by Crippen LogP contribution is 2.29. The molecule has 1 unspecified atom stereocenters. The predicted molar refractivity (Wildman–Crippen MR) is 80.8 cm³/mol. The van der Waals surface area contributed by atoms with Gasteiger partial charge in [-0.1, -0.05) is 35.9 Å². The Morgan fingerprint density at radius 3 is 2.63 bits per heavy atom. The minimum absolute atomic E-state index is 0.278. The maximum atomic E-state index is 13.5. The Balaban J connectivity index is 2.33. The van der Waals surface area contributed by atoms with E-state index in [1.54, 1.807) is 12.1 Å². The van der Waals surface area contributed by atoms with Gasteiger partial charge in [0.1, 0.15) is 5.82 Å². The Labute approximate surface area is 125 Å². The second-order valence-electron chi connectivity index (χ2n) is 4.82. The highest BCUT2D eigenvalue weighted by Gasteiger charge is 2.23. The molecule has 19 heavy (non-hydrogen) atoms. The lowest BCUT2D eigenvalue weighted by molar-refractivity contribution is 0.488. The topological polar surface area (TPSA) is 26.0 Å². The van der Waals surface area contributed by atoms with Crippen molar-refractivity contribution in [3.8, 4) is 0 Å². The van der Waals surface area contributed by atoms with Crippen molar-refractivity contribution in [2.45, 2.75) is 18.9 Å². The minimum atomic E-state index is -0.610. The van der Waals surface area contributed by atoms with Crippen molar-refractivity contribution in [2.24, 2.45) is 5.73 Å². The maximum Gasteiger partial charge on any atom is 0.137 e. The van der Waals surface area contributed by atoms with Crippen LogP contribution in [0.4, 0.5) is 4.39 Å². The van der Waals surface area contributed by atoms with Gasteiger partial charge in [0.2, 0.25) is 0 Å². The monoisotopic (exact) mass is 341 g/mol. The van der Waals surface area contributed by atoms with Crippen LogP contribution >= 0.6 is 27.5 Å². The van der Waals surface area contributed by atoms with E-state index in [4.69, 9.17) is 17.3 Å². The number of halogens is 3. The van der Waals surface area contributed by atoms with Crippen LogP contribution in [-0.2, 0) is 12.0 Å². The summed E-state index contributed by atoms with van der Waals surface area (Å²) in [6.45, 7) is 1.91. The van der Waals surface area contributed by atoms with E-state index in [0.717, 1.165) is 11.1 Å². The lowest BCUT2D eigenvalue weighted by Gasteiger charge is -2.26. The highest BCUT2D eigenvalue weighted by atomic mass is 79.9. The molecule has 2 aromatic carbocycles. The summed E-state index contributed by atoms with van der Waals surface area (Å²) in [5, 5.41) is 0.646. The Morgan fingerprint density at radius 1 is 1.26 bits per heavy atom. The molecule has 2 N–H and O–H groups in total. The molecule has 0 saturated heterocycles. The number of rotatable bonds is 3. The summed E-state index contributed by atoms with van der Waals surface area (Å²) in [7, 11) is 0. The van der Waals surface area contributed by atoms with Gasteiger partial charge in [0.05, 0.1) is 4.47 Å². The van der Waals surface area contributed by atoms with Crippen LogP contribution in [0, 0.1) is 5.82 Å². The van der Waals surface area contributed by atoms with Gasteiger partial charge in [-0.3, -0.25) is 0 Å². The Hall–Kier alpha value is -0.900. The molecule has 1 nitrogen and oxygen atoms in total. The summed E-state index contributed by atoms with van der Waals surface area (Å²) in [6, 6.07) is 12.4. The molecular weight excluding hydrogens is 329 g/mol. The first kappa shape index (κ1) is 14.5. The molecule has 0 aliphatic heterocycles. The van der Waals surface area contributed by atoms with Crippen molar-refractivity contribution >= 4 is 27.5 Å². The molecule has 0 aliphatic rings. The molecule has 0 spiro atoms. The molecule has 1 atom stereocenters. The molecule has 0 saturated carbocycles. The molecule has 4 heteroatoms. The average Bonchev–Trinajstić information content (AvgIpc) is 2.35. The van der Waals surface area contributed by atoms with Gasteiger partial charge >= 0.3 is 0 Å². The van der Waals surface area contributed by atoms with E-state index < -0.39 is 5.54 Å². The zero-order valence-corrected chi connectivity index (χ0v) is 12.8. The summed E-state index contributed by atoms with van der Waals surface area (Å²) < 4.78 is 14.0. The molecule has 2 rings (SSSR count). The standard InChI is InChI=1S/C15H14BrClFN/c1-15(19,11-5-3-6-12(17)8-11)9-10-4-2-7-13(18)14(10)16/h2-8H,9,19H2,1H3. The largest absolute Gasteiger partial charge is 0.321 e. The van der Waals surface area contributed by atoms with Gasteiger partial charge in [-0.2, -0.15) is 0 Å². The van der Waals surface area contributed by atoms with Crippen LogP contribution < -0.4 is 5.73 Å². The molecule has 0 fully saturated rings. The quantitative estimate of drug-likeness (QED) is 0.862. The van der Waals surface area contributed by atoms with E-state index in [2.05, 4.69) is 15.9 Å². The van der Waals surface area contributed by atoms with E-state index in [1.165, 1.54) is 6.07 Å². The number of nitrogens with two attached hydrogens (primary N) is 1. The fourth-order valence-corrected chi connectivity index (χ4v) is 2.62. The molecule has 0 radical (unpaired) electrons. The maximum absolute atomic E-state index is 13.5. The molecule has 0 aromatic heterocycles. The molecule has 100 valence electrons. The van der Waals surface area contributed by atoms with Crippen molar-refractivity contribution in [1.29, 1.82) is 0 Å². The molecule has 0 aliphatic carbocycles. The Morgan fingerprint density at radius 2 is 1.95 bits per heavy atom. The summed E-state index contributed by atoms with van der Waals surface area (Å²) in [5.74, 6) is -0.278. The van der Waals surface area contributed by atoms with Crippen molar-refractivity contribution in [2.75, 3.05) is 0 Å². The summed E-state index contributed by atoms with van der Waals surface area (Å²) in [5.41, 5.74) is 7.51. The number of hydrogen-bond donors (Lipinski definition) is 1. The summed E-state index contributed by atoms with van der Waals surface area (Å²) >= 11 is 9.25. The zero-order chi connectivity index (χ0) is 14.0. The minimum Gasteiger partial charge on any atom is -0.321 e. The van der Waals surface area contributed by atoms with E-state index in [9.17, 15) is 4.39 Å². The van der Waals surface area contributed by atoms with Gasteiger partial charge in [0.25, 0.3) is 0 Å². The lowest BCUT2D eigenvalue weighted by atomic mass is 9.86. The van der Waals surface area contributed by atoms with E-state index in [0.29, 0.717) is 15.9 Å². The first-order valence-corrected chi connectivity index (χ1v) is 7.05. The second-order valence-corrected chi connectivity index (χ2v) is 6.05. The van der Waals surface area contributed by atoms with Crippen LogP contribution in [0.2, 0.25) is 5.02 Å². The Kier molecular flexibility index (Phi) is 4.29. The van der Waals surface area contributed by atoms with E-state index in [-0.39, 0.29) is 5.82 Å². The average molecular weight is 343 g/mol. The third kappa shape index (κ3) is 3.35. The van der Waals surface area contributed by atoms with Gasteiger partial charge < -0.3 is 5.73 Å². The molecule has 2 aromatic rings. The predicted octanol–water partition coefficient (Wildman–Crippen LogP) is 4.66.